The van der Waals surface area contributed by atoms with Gasteiger partial charge in [0.2, 0.25) is 0 Å². The van der Waals surface area contributed by atoms with Crippen molar-refractivity contribution in [1.82, 2.24) is 19.9 Å². The lowest BCUT2D eigenvalue weighted by molar-refractivity contribution is -0.143. The number of nitrogens with zero attached hydrogens (tertiary/aromatic N) is 5. The summed E-state index contributed by atoms with van der Waals surface area (Å²) in [5, 5.41) is 16.7. The van der Waals surface area contributed by atoms with Crippen molar-refractivity contribution in [1.29, 1.82) is 5.26 Å². The fraction of sp³-hybridized carbons (Fsp3) is 0.222. The van der Waals surface area contributed by atoms with Crippen molar-refractivity contribution in [3.8, 4) is 17.5 Å². The smallest absolute Gasteiger partial charge is 0.361 e. The third-order valence-electron chi connectivity index (χ3n) is 4.45. The van der Waals surface area contributed by atoms with Gasteiger partial charge in [-0.3, -0.25) is 0 Å². The molecule has 1 aromatic carbocycles. The Morgan fingerprint density at radius 1 is 1.21 bits per heavy atom. The molecule has 3 aromatic heterocycles. The summed E-state index contributed by atoms with van der Waals surface area (Å²) in [7, 11) is 0. The van der Waals surface area contributed by atoms with Crippen LogP contribution in [0.3, 0.4) is 0 Å². The van der Waals surface area contributed by atoms with E-state index in [2.05, 4.69) is 15.3 Å². The summed E-state index contributed by atoms with van der Waals surface area (Å²) in [5.41, 5.74) is 0.373. The van der Waals surface area contributed by atoms with E-state index in [1.165, 1.54) is 12.1 Å². The van der Waals surface area contributed by atoms with Crippen LogP contribution in [0.4, 0.5) is 13.2 Å². The first-order valence-corrected chi connectivity index (χ1v) is 8.63. The first kappa shape index (κ1) is 19.0. The number of fused-ring (bicyclic) bond motifs is 1. The van der Waals surface area contributed by atoms with Crippen LogP contribution >= 0.6 is 11.6 Å². The molecule has 0 fully saturated rings. The minimum atomic E-state index is -4.65. The monoisotopic (exact) mass is 421 g/mol. The van der Waals surface area contributed by atoms with E-state index in [0.717, 1.165) is 10.6 Å². The highest BCUT2D eigenvalue weighted by atomic mass is 35.5. The zero-order chi connectivity index (χ0) is 20.9. The third-order valence-corrected chi connectivity index (χ3v) is 4.85. The number of benzene rings is 1. The fourth-order valence-electron chi connectivity index (χ4n) is 3.14. The van der Waals surface area contributed by atoms with Crippen molar-refractivity contribution in [3.05, 3.63) is 51.8 Å². The molecule has 0 spiro atoms. The first-order chi connectivity index (χ1) is 13.7. The van der Waals surface area contributed by atoms with E-state index < -0.39 is 11.9 Å². The van der Waals surface area contributed by atoms with Gasteiger partial charge in [-0.15, -0.1) is 0 Å². The summed E-state index contributed by atoms with van der Waals surface area (Å²) < 4.78 is 52.1. The Kier molecular flexibility index (Phi) is 4.35. The van der Waals surface area contributed by atoms with Crippen molar-refractivity contribution in [2.45, 2.75) is 26.6 Å². The number of aryl methyl sites for hydroxylation is 2. The van der Waals surface area contributed by atoms with Gasteiger partial charge in [-0.05, 0) is 32.0 Å². The highest BCUT2D eigenvalue weighted by Crippen LogP contribution is 2.38. The van der Waals surface area contributed by atoms with E-state index in [9.17, 15) is 13.2 Å². The molecule has 0 N–H and O–H groups in total. The predicted molar refractivity (Wildman–Crippen MR) is 95.0 cm³/mol. The van der Waals surface area contributed by atoms with Gasteiger partial charge < -0.3 is 13.6 Å². The molecule has 0 bridgehead atoms. The topological polar surface area (TPSA) is 93.7 Å². The molecule has 4 aromatic rings. The van der Waals surface area contributed by atoms with Crippen LogP contribution in [0.5, 0.6) is 0 Å². The van der Waals surface area contributed by atoms with Gasteiger partial charge in [0.25, 0.3) is 5.89 Å². The SMILES string of the molecule is Cc1noc(C)c1-c1nc(Cn2c(C(F)(F)F)cc3c(Cl)c(C#N)ccc32)no1. The maximum atomic E-state index is 13.6. The lowest BCUT2D eigenvalue weighted by Crippen LogP contribution is -2.14. The van der Waals surface area contributed by atoms with Crippen LogP contribution in [0.15, 0.2) is 27.2 Å². The Hall–Kier alpha value is -3.32. The number of rotatable bonds is 3. The lowest BCUT2D eigenvalue weighted by atomic mass is 10.1. The Bertz CT molecular complexity index is 1260. The number of alkyl halides is 3. The molecule has 0 aliphatic carbocycles. The summed E-state index contributed by atoms with van der Waals surface area (Å²) in [4.78, 5) is 4.18. The molecule has 11 heteroatoms. The Labute approximate surface area is 166 Å². The number of hydrogen-bond acceptors (Lipinski definition) is 6. The number of nitriles is 1. The summed E-state index contributed by atoms with van der Waals surface area (Å²) in [5.74, 6) is 0.588. The fourth-order valence-corrected chi connectivity index (χ4v) is 3.40. The summed E-state index contributed by atoms with van der Waals surface area (Å²) >= 11 is 6.12. The normalized spacial score (nSPS) is 11.9. The quantitative estimate of drug-likeness (QED) is 0.467. The molecule has 0 unspecified atom stereocenters. The van der Waals surface area contributed by atoms with Crippen LogP contribution in [0, 0.1) is 25.2 Å². The van der Waals surface area contributed by atoms with Crippen LogP contribution in [-0.2, 0) is 12.7 Å². The van der Waals surface area contributed by atoms with E-state index in [1.807, 2.05) is 6.07 Å². The van der Waals surface area contributed by atoms with Gasteiger partial charge in [0.05, 0.1) is 28.3 Å². The molecule has 0 amide bonds. The molecule has 0 aliphatic heterocycles. The lowest BCUT2D eigenvalue weighted by Gasteiger charge is -2.11. The van der Waals surface area contributed by atoms with Crippen LogP contribution in [0.1, 0.15) is 28.5 Å². The van der Waals surface area contributed by atoms with Crippen LogP contribution in [0.25, 0.3) is 22.4 Å². The first-order valence-electron chi connectivity index (χ1n) is 8.25. The van der Waals surface area contributed by atoms with Gasteiger partial charge in [-0.1, -0.05) is 21.9 Å². The second-order valence-electron chi connectivity index (χ2n) is 6.30. The molecule has 0 saturated heterocycles. The molecule has 148 valence electrons. The molecule has 0 atom stereocenters. The molecule has 0 aliphatic rings. The van der Waals surface area contributed by atoms with E-state index in [4.69, 9.17) is 25.9 Å². The standard InChI is InChI=1S/C18H11ClF3N5O2/c1-8-15(9(2)28-25-8)17-24-14(26-29-17)7-27-12-4-3-10(6-23)16(19)11(12)5-13(27)18(20,21)22/h3-5H,7H2,1-2H3. The van der Waals surface area contributed by atoms with Crippen LogP contribution < -0.4 is 0 Å². The zero-order valence-electron chi connectivity index (χ0n) is 15.0. The van der Waals surface area contributed by atoms with Gasteiger partial charge in [-0.25, -0.2) is 0 Å². The summed E-state index contributed by atoms with van der Waals surface area (Å²) in [6.45, 7) is 3.04. The van der Waals surface area contributed by atoms with Gasteiger partial charge in [0.1, 0.15) is 23.1 Å². The highest BCUT2D eigenvalue weighted by Gasteiger charge is 2.36. The maximum Gasteiger partial charge on any atom is 0.431 e. The van der Waals surface area contributed by atoms with E-state index in [-0.39, 0.29) is 39.7 Å². The molecule has 7 nitrogen and oxygen atoms in total. The van der Waals surface area contributed by atoms with Crippen molar-refractivity contribution >= 4 is 22.5 Å². The number of aromatic nitrogens is 4. The maximum absolute atomic E-state index is 13.6. The van der Waals surface area contributed by atoms with Gasteiger partial charge in [0.15, 0.2) is 5.82 Å². The second-order valence-corrected chi connectivity index (χ2v) is 6.68. The molecule has 29 heavy (non-hydrogen) atoms. The van der Waals surface area contributed by atoms with Crippen molar-refractivity contribution in [2.75, 3.05) is 0 Å². The molecular formula is C18H11ClF3N5O2. The van der Waals surface area contributed by atoms with Crippen LogP contribution in [-0.4, -0.2) is 19.9 Å². The molecule has 0 saturated carbocycles. The largest absolute Gasteiger partial charge is 0.431 e. The highest BCUT2D eigenvalue weighted by molar-refractivity contribution is 6.36. The predicted octanol–water partition coefficient (Wildman–Crippen LogP) is 4.89. The van der Waals surface area contributed by atoms with Gasteiger partial charge >= 0.3 is 6.18 Å². The Morgan fingerprint density at radius 2 is 1.97 bits per heavy atom. The molecule has 0 radical (unpaired) electrons. The van der Waals surface area contributed by atoms with E-state index in [1.54, 1.807) is 13.8 Å². The average molecular weight is 422 g/mol. The average Bonchev–Trinajstić information content (AvgIpc) is 3.34. The number of hydrogen-bond donors (Lipinski definition) is 0. The minimum Gasteiger partial charge on any atom is -0.361 e. The van der Waals surface area contributed by atoms with Crippen molar-refractivity contribution < 1.29 is 22.2 Å². The van der Waals surface area contributed by atoms with Crippen molar-refractivity contribution in [2.24, 2.45) is 0 Å². The van der Waals surface area contributed by atoms with Gasteiger partial charge in [0, 0.05) is 5.39 Å². The zero-order valence-corrected chi connectivity index (χ0v) is 15.8. The second kappa shape index (κ2) is 6.63. The minimum absolute atomic E-state index is 0.0310. The summed E-state index contributed by atoms with van der Waals surface area (Å²) in [6, 6.07) is 5.54. The third kappa shape index (κ3) is 3.13. The van der Waals surface area contributed by atoms with Crippen molar-refractivity contribution in [3.63, 3.8) is 0 Å². The number of halogens is 4. The van der Waals surface area contributed by atoms with Crippen LogP contribution in [0.2, 0.25) is 5.02 Å². The summed E-state index contributed by atoms with van der Waals surface area (Å²) in [6.07, 6.45) is -4.65. The Morgan fingerprint density at radius 3 is 2.59 bits per heavy atom. The molecule has 3 heterocycles. The molecule has 4 rings (SSSR count). The van der Waals surface area contributed by atoms with E-state index in [0.29, 0.717) is 17.0 Å². The van der Waals surface area contributed by atoms with Gasteiger partial charge in [-0.2, -0.15) is 23.4 Å². The Balaban J connectivity index is 1.82. The van der Waals surface area contributed by atoms with E-state index >= 15 is 0 Å². The molecular weight excluding hydrogens is 411 g/mol.